The van der Waals surface area contributed by atoms with Crippen molar-refractivity contribution in [3.05, 3.63) is 37.1 Å². The van der Waals surface area contributed by atoms with Crippen molar-refractivity contribution in [3.8, 4) is 0 Å². The molecule has 1 aliphatic carbocycles. The highest BCUT2D eigenvalue weighted by Gasteiger charge is 2.45. The van der Waals surface area contributed by atoms with E-state index in [9.17, 15) is 8.78 Å². The quantitative estimate of drug-likeness (QED) is 0.524. The standard InChI is InChI=1S/C18H26F2O3/c1-4-5-6-14(3)23-18(19,20)16-9-7-15(8-10-16)17-21-11-13(2)12-22-17/h4-6,13,15-17H,1,3,7-12H2,2H3/b6-5-. The zero-order valence-electron chi connectivity index (χ0n) is 13.7. The average Bonchev–Trinajstić information content (AvgIpc) is 2.53. The Bertz CT molecular complexity index is 432. The van der Waals surface area contributed by atoms with E-state index in [2.05, 4.69) is 20.1 Å². The van der Waals surface area contributed by atoms with Crippen LogP contribution in [-0.4, -0.2) is 25.6 Å². The molecule has 0 aromatic rings. The number of alkyl halides is 2. The van der Waals surface area contributed by atoms with Crippen molar-refractivity contribution in [2.45, 2.75) is 45.0 Å². The van der Waals surface area contributed by atoms with Gasteiger partial charge in [-0.05, 0) is 31.8 Å². The van der Waals surface area contributed by atoms with E-state index in [1.54, 1.807) is 0 Å². The van der Waals surface area contributed by atoms with Gasteiger partial charge in [-0.2, -0.15) is 8.78 Å². The van der Waals surface area contributed by atoms with Gasteiger partial charge in [-0.25, -0.2) is 0 Å². The number of hydrogen-bond donors (Lipinski definition) is 0. The lowest BCUT2D eigenvalue weighted by Gasteiger charge is -2.38. The number of allylic oxidation sites excluding steroid dienone is 3. The van der Waals surface area contributed by atoms with Gasteiger partial charge in [0.15, 0.2) is 6.29 Å². The Morgan fingerprint density at radius 3 is 2.35 bits per heavy atom. The summed E-state index contributed by atoms with van der Waals surface area (Å²) >= 11 is 0. The fourth-order valence-electron chi connectivity index (χ4n) is 3.08. The van der Waals surface area contributed by atoms with E-state index in [-0.39, 0.29) is 18.0 Å². The molecule has 2 rings (SSSR count). The molecule has 130 valence electrons. The van der Waals surface area contributed by atoms with Crippen LogP contribution in [0.4, 0.5) is 8.78 Å². The molecule has 0 N–H and O–H groups in total. The monoisotopic (exact) mass is 328 g/mol. The molecule has 0 atom stereocenters. The molecule has 3 nitrogen and oxygen atoms in total. The van der Waals surface area contributed by atoms with Crippen molar-refractivity contribution in [2.24, 2.45) is 17.8 Å². The van der Waals surface area contributed by atoms with Crippen molar-refractivity contribution in [2.75, 3.05) is 13.2 Å². The third-order valence-corrected chi connectivity index (χ3v) is 4.41. The molecule has 23 heavy (non-hydrogen) atoms. The van der Waals surface area contributed by atoms with Crippen LogP contribution in [0.5, 0.6) is 0 Å². The Labute approximate surface area is 137 Å². The molecule has 0 unspecified atom stereocenters. The van der Waals surface area contributed by atoms with Gasteiger partial charge in [0.1, 0.15) is 5.76 Å². The predicted molar refractivity (Wildman–Crippen MR) is 84.8 cm³/mol. The number of ether oxygens (including phenoxy) is 3. The lowest BCUT2D eigenvalue weighted by Crippen LogP contribution is -2.40. The van der Waals surface area contributed by atoms with Crippen LogP contribution >= 0.6 is 0 Å². The second-order valence-corrected chi connectivity index (χ2v) is 6.48. The Balaban J connectivity index is 1.81. The molecule has 0 radical (unpaired) electrons. The highest BCUT2D eigenvalue weighted by atomic mass is 19.3. The van der Waals surface area contributed by atoms with Crippen LogP contribution in [0, 0.1) is 17.8 Å². The lowest BCUT2D eigenvalue weighted by atomic mass is 9.81. The van der Waals surface area contributed by atoms with E-state index < -0.39 is 12.0 Å². The van der Waals surface area contributed by atoms with Gasteiger partial charge in [-0.15, -0.1) is 0 Å². The van der Waals surface area contributed by atoms with Crippen LogP contribution in [-0.2, 0) is 14.2 Å². The minimum absolute atomic E-state index is 0.0510. The molecular formula is C18H26F2O3. The maximum Gasteiger partial charge on any atom is 0.400 e. The zero-order chi connectivity index (χ0) is 16.9. The summed E-state index contributed by atoms with van der Waals surface area (Å²) in [6.07, 6.45) is 3.08. The Hall–Kier alpha value is -1.20. The first-order chi connectivity index (χ1) is 10.9. The van der Waals surface area contributed by atoms with E-state index in [0.717, 1.165) is 0 Å². The topological polar surface area (TPSA) is 27.7 Å². The van der Waals surface area contributed by atoms with Gasteiger partial charge < -0.3 is 14.2 Å². The SMILES string of the molecule is C=C/C=C\C(=C)OC(F)(F)C1CCC(C2OCC(C)CO2)CC1. The van der Waals surface area contributed by atoms with Crippen molar-refractivity contribution in [1.29, 1.82) is 0 Å². The molecule has 1 aliphatic heterocycles. The van der Waals surface area contributed by atoms with Crippen LogP contribution in [0.15, 0.2) is 37.1 Å². The Morgan fingerprint density at radius 1 is 1.17 bits per heavy atom. The van der Waals surface area contributed by atoms with Gasteiger partial charge >= 0.3 is 6.11 Å². The van der Waals surface area contributed by atoms with Crippen LogP contribution in [0.3, 0.4) is 0 Å². The molecule has 2 aliphatic rings. The number of halogens is 2. The molecule has 2 fully saturated rings. The van der Waals surface area contributed by atoms with Gasteiger partial charge in [-0.3, -0.25) is 0 Å². The van der Waals surface area contributed by atoms with Gasteiger partial charge in [0, 0.05) is 11.8 Å². The van der Waals surface area contributed by atoms with E-state index in [0.29, 0.717) is 44.8 Å². The maximum atomic E-state index is 14.2. The zero-order valence-corrected chi connectivity index (χ0v) is 13.7. The summed E-state index contributed by atoms with van der Waals surface area (Å²) in [6, 6.07) is 0. The Morgan fingerprint density at radius 2 is 1.78 bits per heavy atom. The third-order valence-electron chi connectivity index (χ3n) is 4.41. The van der Waals surface area contributed by atoms with E-state index in [4.69, 9.17) is 14.2 Å². The summed E-state index contributed by atoms with van der Waals surface area (Å²) in [7, 11) is 0. The smallest absolute Gasteiger partial charge is 0.400 e. The molecule has 0 aromatic heterocycles. The molecule has 0 bridgehead atoms. The van der Waals surface area contributed by atoms with Crippen molar-refractivity contribution in [1.82, 2.24) is 0 Å². The molecule has 1 heterocycles. The van der Waals surface area contributed by atoms with Crippen LogP contribution in [0.25, 0.3) is 0 Å². The number of rotatable bonds is 6. The van der Waals surface area contributed by atoms with Crippen LogP contribution in [0.1, 0.15) is 32.6 Å². The first kappa shape index (κ1) is 18.1. The highest BCUT2D eigenvalue weighted by molar-refractivity contribution is 5.13. The molecule has 1 saturated carbocycles. The maximum absolute atomic E-state index is 14.2. The van der Waals surface area contributed by atoms with Crippen molar-refractivity contribution in [3.63, 3.8) is 0 Å². The molecular weight excluding hydrogens is 302 g/mol. The normalized spacial score (nSPS) is 32.7. The highest BCUT2D eigenvalue weighted by Crippen LogP contribution is 2.42. The summed E-state index contributed by atoms with van der Waals surface area (Å²) in [5.41, 5.74) is 0. The van der Waals surface area contributed by atoms with E-state index in [1.807, 2.05) is 0 Å². The van der Waals surface area contributed by atoms with Crippen molar-refractivity contribution >= 4 is 0 Å². The summed E-state index contributed by atoms with van der Waals surface area (Å²) in [4.78, 5) is 0. The second-order valence-electron chi connectivity index (χ2n) is 6.48. The molecule has 0 amide bonds. The molecule has 1 saturated heterocycles. The van der Waals surface area contributed by atoms with Crippen molar-refractivity contribution < 1.29 is 23.0 Å². The predicted octanol–water partition coefficient (Wildman–Crippen LogP) is 4.67. The fourth-order valence-corrected chi connectivity index (χ4v) is 3.08. The van der Waals surface area contributed by atoms with Gasteiger partial charge in [0.2, 0.25) is 0 Å². The third kappa shape index (κ3) is 5.15. The first-order valence-corrected chi connectivity index (χ1v) is 8.20. The average molecular weight is 328 g/mol. The summed E-state index contributed by atoms with van der Waals surface area (Å²) in [5, 5.41) is 0. The summed E-state index contributed by atoms with van der Waals surface area (Å²) in [5.74, 6) is -0.256. The second kappa shape index (κ2) is 8.06. The number of hydrogen-bond acceptors (Lipinski definition) is 3. The van der Waals surface area contributed by atoms with Gasteiger partial charge in [0.25, 0.3) is 0 Å². The van der Waals surface area contributed by atoms with Crippen LogP contribution < -0.4 is 0 Å². The van der Waals surface area contributed by atoms with E-state index >= 15 is 0 Å². The van der Waals surface area contributed by atoms with Gasteiger partial charge in [-0.1, -0.05) is 32.2 Å². The van der Waals surface area contributed by atoms with Crippen LogP contribution in [0.2, 0.25) is 0 Å². The minimum Gasteiger partial charge on any atom is -0.433 e. The lowest BCUT2D eigenvalue weighted by molar-refractivity contribution is -0.264. The minimum atomic E-state index is -3.20. The summed E-state index contributed by atoms with van der Waals surface area (Å²) in [6.45, 7) is 10.4. The van der Waals surface area contributed by atoms with E-state index in [1.165, 1.54) is 18.2 Å². The Kier molecular flexibility index (Phi) is 6.36. The summed E-state index contributed by atoms with van der Waals surface area (Å²) < 4.78 is 44.5. The fraction of sp³-hybridized carbons (Fsp3) is 0.667. The first-order valence-electron chi connectivity index (χ1n) is 8.20. The molecule has 0 spiro atoms. The molecule has 0 aromatic carbocycles. The molecule has 5 heteroatoms. The van der Waals surface area contributed by atoms with Gasteiger partial charge in [0.05, 0.1) is 19.1 Å². The largest absolute Gasteiger partial charge is 0.433 e.